The van der Waals surface area contributed by atoms with Crippen molar-refractivity contribution in [2.45, 2.75) is 91.2 Å². The maximum atomic E-state index is 6.32. The molecule has 3 aromatic carbocycles. The summed E-state index contributed by atoms with van der Waals surface area (Å²) in [5.74, 6) is 1.80. The third-order valence-electron chi connectivity index (χ3n) is 7.52. The minimum absolute atomic E-state index is 0.0302. The molecule has 0 saturated carbocycles. The van der Waals surface area contributed by atoms with E-state index in [9.17, 15) is 0 Å². The lowest BCUT2D eigenvalue weighted by atomic mass is 9.97. The standard InChI is InChI=1S/C35H47NO2/c1-4-37-34-27-29(18-10-7-5-6-9-17-28(2)3)24-25-32(34)31-21-13-14-22-33(31)36(30-19-11-8-12-20-30)35-23-15-16-26-38-35/h8,11-14,19-22,24-25,27-28,35H,4-7,9-10,15-18,23,26H2,1-3H3. The Hall–Kier alpha value is -2.78. The largest absolute Gasteiger partial charge is 0.493 e. The third-order valence-corrected chi connectivity index (χ3v) is 7.52. The Morgan fingerprint density at radius 2 is 1.61 bits per heavy atom. The molecule has 4 rings (SSSR count). The second kappa shape index (κ2) is 15.0. The average Bonchev–Trinajstić information content (AvgIpc) is 2.94. The van der Waals surface area contributed by atoms with Crippen LogP contribution in [0.2, 0.25) is 0 Å². The quantitative estimate of drug-likeness (QED) is 0.200. The van der Waals surface area contributed by atoms with Gasteiger partial charge in [0.25, 0.3) is 0 Å². The van der Waals surface area contributed by atoms with E-state index in [0.29, 0.717) is 6.61 Å². The predicted octanol–water partition coefficient (Wildman–Crippen LogP) is 9.96. The van der Waals surface area contributed by atoms with Crippen molar-refractivity contribution in [3.8, 4) is 16.9 Å². The highest BCUT2D eigenvalue weighted by atomic mass is 16.5. The van der Waals surface area contributed by atoms with Crippen LogP contribution in [0.25, 0.3) is 11.1 Å². The Bertz CT molecular complexity index is 1090. The van der Waals surface area contributed by atoms with Crippen LogP contribution in [-0.4, -0.2) is 19.4 Å². The molecule has 1 atom stereocenters. The second-order valence-electron chi connectivity index (χ2n) is 11.0. The van der Waals surface area contributed by atoms with Gasteiger partial charge in [0.15, 0.2) is 0 Å². The molecular formula is C35H47NO2. The van der Waals surface area contributed by atoms with Crippen molar-refractivity contribution < 1.29 is 9.47 Å². The molecule has 0 radical (unpaired) electrons. The Kier molecular flexibility index (Phi) is 11.1. The van der Waals surface area contributed by atoms with Crippen LogP contribution in [-0.2, 0) is 11.2 Å². The molecule has 3 heteroatoms. The minimum atomic E-state index is 0.0302. The molecule has 0 amide bonds. The molecule has 0 aliphatic carbocycles. The van der Waals surface area contributed by atoms with Gasteiger partial charge < -0.3 is 14.4 Å². The number of hydrogen-bond donors (Lipinski definition) is 0. The van der Waals surface area contributed by atoms with Crippen molar-refractivity contribution in [2.24, 2.45) is 5.92 Å². The predicted molar refractivity (Wildman–Crippen MR) is 161 cm³/mol. The molecule has 0 N–H and O–H groups in total. The van der Waals surface area contributed by atoms with Crippen molar-refractivity contribution in [3.05, 3.63) is 78.4 Å². The fraction of sp³-hybridized carbons (Fsp3) is 0.486. The van der Waals surface area contributed by atoms with Gasteiger partial charge in [-0.05, 0) is 74.8 Å². The van der Waals surface area contributed by atoms with Crippen molar-refractivity contribution in [2.75, 3.05) is 18.1 Å². The van der Waals surface area contributed by atoms with Gasteiger partial charge in [0.1, 0.15) is 12.0 Å². The van der Waals surface area contributed by atoms with Crippen LogP contribution in [0, 0.1) is 5.92 Å². The van der Waals surface area contributed by atoms with Gasteiger partial charge in [-0.25, -0.2) is 0 Å². The number of para-hydroxylation sites is 2. The first-order valence-corrected chi connectivity index (χ1v) is 15.0. The molecule has 0 spiro atoms. The topological polar surface area (TPSA) is 21.7 Å². The summed E-state index contributed by atoms with van der Waals surface area (Å²) in [7, 11) is 0. The van der Waals surface area contributed by atoms with E-state index in [4.69, 9.17) is 9.47 Å². The summed E-state index contributed by atoms with van der Waals surface area (Å²) in [6.45, 7) is 8.18. The number of rotatable bonds is 14. The highest BCUT2D eigenvalue weighted by Gasteiger charge is 2.26. The monoisotopic (exact) mass is 513 g/mol. The summed E-state index contributed by atoms with van der Waals surface area (Å²) in [6, 6.07) is 26.2. The fourth-order valence-electron chi connectivity index (χ4n) is 5.52. The number of ether oxygens (including phenoxy) is 2. The lowest BCUT2D eigenvalue weighted by Crippen LogP contribution is -2.36. The van der Waals surface area contributed by atoms with Crippen molar-refractivity contribution in [1.82, 2.24) is 0 Å². The zero-order valence-electron chi connectivity index (χ0n) is 23.8. The van der Waals surface area contributed by atoms with Crippen LogP contribution in [0.4, 0.5) is 11.4 Å². The van der Waals surface area contributed by atoms with Gasteiger partial charge in [0.2, 0.25) is 0 Å². The third kappa shape index (κ3) is 7.86. The van der Waals surface area contributed by atoms with Crippen LogP contribution < -0.4 is 9.64 Å². The zero-order chi connectivity index (χ0) is 26.6. The molecular weight excluding hydrogens is 466 g/mol. The Balaban J connectivity index is 1.56. The van der Waals surface area contributed by atoms with Gasteiger partial charge in [0.05, 0.1) is 12.3 Å². The van der Waals surface area contributed by atoms with Gasteiger partial charge in [-0.15, -0.1) is 0 Å². The Labute approximate surface area is 231 Å². The molecule has 1 aliphatic heterocycles. The van der Waals surface area contributed by atoms with E-state index in [-0.39, 0.29) is 6.23 Å². The summed E-state index contributed by atoms with van der Waals surface area (Å²) < 4.78 is 12.6. The van der Waals surface area contributed by atoms with Crippen LogP contribution in [0.3, 0.4) is 0 Å². The molecule has 38 heavy (non-hydrogen) atoms. The van der Waals surface area contributed by atoms with Crippen LogP contribution in [0.15, 0.2) is 72.8 Å². The molecule has 1 aliphatic rings. The van der Waals surface area contributed by atoms with E-state index in [1.54, 1.807) is 0 Å². The van der Waals surface area contributed by atoms with E-state index in [0.717, 1.165) is 48.8 Å². The summed E-state index contributed by atoms with van der Waals surface area (Å²) >= 11 is 0. The molecule has 1 heterocycles. The molecule has 0 bridgehead atoms. The number of hydrogen-bond acceptors (Lipinski definition) is 3. The average molecular weight is 514 g/mol. The van der Waals surface area contributed by atoms with Gasteiger partial charge >= 0.3 is 0 Å². The highest BCUT2D eigenvalue weighted by molar-refractivity contribution is 5.85. The number of unbranched alkanes of at least 4 members (excludes halogenated alkanes) is 4. The molecule has 1 fully saturated rings. The first-order chi connectivity index (χ1) is 18.7. The number of benzene rings is 3. The maximum Gasteiger partial charge on any atom is 0.134 e. The lowest BCUT2D eigenvalue weighted by Gasteiger charge is -2.37. The zero-order valence-corrected chi connectivity index (χ0v) is 23.8. The van der Waals surface area contributed by atoms with Crippen LogP contribution >= 0.6 is 0 Å². The van der Waals surface area contributed by atoms with Crippen molar-refractivity contribution in [1.29, 1.82) is 0 Å². The van der Waals surface area contributed by atoms with Gasteiger partial charge in [-0.3, -0.25) is 0 Å². The molecule has 204 valence electrons. The number of aryl methyl sites for hydroxylation is 1. The van der Waals surface area contributed by atoms with Gasteiger partial charge in [-0.2, -0.15) is 0 Å². The summed E-state index contributed by atoms with van der Waals surface area (Å²) in [5, 5.41) is 0. The van der Waals surface area contributed by atoms with Crippen molar-refractivity contribution >= 4 is 11.4 Å². The number of nitrogens with zero attached hydrogens (tertiary/aromatic N) is 1. The second-order valence-corrected chi connectivity index (χ2v) is 11.0. The van der Waals surface area contributed by atoms with Gasteiger partial charge in [0, 0.05) is 23.4 Å². The summed E-state index contributed by atoms with van der Waals surface area (Å²) in [6.07, 6.45) is 12.5. The molecule has 3 nitrogen and oxygen atoms in total. The molecule has 1 unspecified atom stereocenters. The van der Waals surface area contributed by atoms with Crippen LogP contribution in [0.5, 0.6) is 5.75 Å². The summed E-state index contributed by atoms with van der Waals surface area (Å²) in [5.41, 5.74) is 6.03. The minimum Gasteiger partial charge on any atom is -0.493 e. The SMILES string of the molecule is CCOc1cc(CCCCCCCC(C)C)ccc1-c1ccccc1N(c1ccccc1)C1CCCCO1. The molecule has 0 aromatic heterocycles. The summed E-state index contributed by atoms with van der Waals surface area (Å²) in [4.78, 5) is 2.39. The molecule has 1 saturated heterocycles. The van der Waals surface area contributed by atoms with E-state index in [2.05, 4.69) is 98.5 Å². The normalized spacial score (nSPS) is 15.5. The maximum absolute atomic E-state index is 6.32. The Morgan fingerprint density at radius 1 is 0.842 bits per heavy atom. The first-order valence-electron chi connectivity index (χ1n) is 15.0. The lowest BCUT2D eigenvalue weighted by molar-refractivity contribution is 0.0208. The Morgan fingerprint density at radius 3 is 2.37 bits per heavy atom. The van der Waals surface area contributed by atoms with Crippen molar-refractivity contribution in [3.63, 3.8) is 0 Å². The molecule has 3 aromatic rings. The van der Waals surface area contributed by atoms with Gasteiger partial charge in [-0.1, -0.05) is 94.5 Å². The highest BCUT2D eigenvalue weighted by Crippen LogP contribution is 2.42. The van der Waals surface area contributed by atoms with E-state index in [1.165, 1.54) is 61.8 Å². The van der Waals surface area contributed by atoms with E-state index < -0.39 is 0 Å². The van der Waals surface area contributed by atoms with E-state index >= 15 is 0 Å². The van der Waals surface area contributed by atoms with E-state index in [1.807, 2.05) is 0 Å². The smallest absolute Gasteiger partial charge is 0.134 e. The van der Waals surface area contributed by atoms with Crippen LogP contribution in [0.1, 0.15) is 84.1 Å². The first kappa shape index (κ1) is 28.2. The number of anilines is 2. The fourth-order valence-corrected chi connectivity index (χ4v) is 5.52.